The van der Waals surface area contributed by atoms with Gasteiger partial charge in [0.05, 0.1) is 6.04 Å². The number of aliphatic hydroxyl groups is 1. The van der Waals surface area contributed by atoms with Gasteiger partial charge >= 0.3 is 5.97 Å². The zero-order valence-corrected chi connectivity index (χ0v) is 15.6. The first-order valence-electron chi connectivity index (χ1n) is 9.10. The molecule has 4 N–H and O–H groups in total. The number of carbonyl (C=O) groups is 1. The van der Waals surface area contributed by atoms with Gasteiger partial charge in [0.1, 0.15) is 0 Å². The Hall–Kier alpha value is -1.11. The van der Waals surface area contributed by atoms with Crippen LogP contribution >= 0.6 is 11.8 Å². The van der Waals surface area contributed by atoms with Gasteiger partial charge in [0, 0.05) is 24.1 Å². The Morgan fingerprint density at radius 1 is 1.40 bits per heavy atom. The highest BCUT2D eigenvalue weighted by molar-refractivity contribution is 7.98. The minimum absolute atomic E-state index is 0.0252. The van der Waals surface area contributed by atoms with Gasteiger partial charge in [-0.25, -0.2) is 4.79 Å². The van der Waals surface area contributed by atoms with Crippen molar-refractivity contribution >= 4 is 17.7 Å². The molecule has 1 heterocycles. The maximum absolute atomic E-state index is 11.7. The molecule has 3 atom stereocenters. The van der Waals surface area contributed by atoms with E-state index >= 15 is 0 Å². The number of fused-ring (bicyclic) bond motifs is 1. The van der Waals surface area contributed by atoms with Crippen LogP contribution in [0.25, 0.3) is 0 Å². The molecule has 0 spiro atoms. The molecule has 1 fully saturated rings. The lowest BCUT2D eigenvalue weighted by Gasteiger charge is -2.29. The third kappa shape index (κ3) is 4.18. The van der Waals surface area contributed by atoms with E-state index in [0.717, 1.165) is 24.3 Å². The number of aliphatic carboxylic acids is 1. The van der Waals surface area contributed by atoms with Gasteiger partial charge in [-0.15, -0.1) is 0 Å². The Balaban J connectivity index is 1.75. The van der Waals surface area contributed by atoms with Gasteiger partial charge in [-0.3, -0.25) is 4.98 Å². The molecule has 1 saturated carbocycles. The second-order valence-corrected chi connectivity index (χ2v) is 8.57. The molecule has 2 unspecified atom stereocenters. The Morgan fingerprint density at radius 3 is 2.76 bits per heavy atom. The number of aromatic nitrogens is 1. The normalized spacial score (nSPS) is 23.1. The maximum Gasteiger partial charge on any atom is 0.337 e. The van der Waals surface area contributed by atoms with E-state index in [1.54, 1.807) is 6.20 Å². The summed E-state index contributed by atoms with van der Waals surface area (Å²) in [4.78, 5) is 16.1. The molecular weight excluding hydrogens is 336 g/mol. The molecule has 1 aromatic heterocycles. The summed E-state index contributed by atoms with van der Waals surface area (Å²) in [7, 11) is 0. The average Bonchev–Trinajstić information content (AvgIpc) is 3.31. The van der Waals surface area contributed by atoms with Crippen LogP contribution in [0.4, 0.5) is 0 Å². The number of hydrogen-bond acceptors (Lipinski definition) is 5. The number of thioether (sulfide) groups is 1. The summed E-state index contributed by atoms with van der Waals surface area (Å²) in [6, 6.07) is 1.21. The van der Waals surface area contributed by atoms with Crippen molar-refractivity contribution in [1.29, 1.82) is 0 Å². The maximum atomic E-state index is 11.7. The van der Waals surface area contributed by atoms with E-state index in [1.807, 2.05) is 12.3 Å². The van der Waals surface area contributed by atoms with E-state index in [-0.39, 0.29) is 6.42 Å². The first-order valence-corrected chi connectivity index (χ1v) is 10.5. The molecule has 0 aromatic carbocycles. The molecular formula is C19H28N2O3S. The van der Waals surface area contributed by atoms with Crippen LogP contribution in [-0.2, 0) is 24.1 Å². The Kier molecular flexibility index (Phi) is 5.71. The molecule has 1 aromatic rings. The summed E-state index contributed by atoms with van der Waals surface area (Å²) < 4.78 is 0. The fraction of sp³-hybridized carbons (Fsp3) is 0.684. The molecule has 0 radical (unpaired) electrons. The van der Waals surface area contributed by atoms with E-state index in [0.29, 0.717) is 17.4 Å². The van der Waals surface area contributed by atoms with E-state index < -0.39 is 17.6 Å². The van der Waals surface area contributed by atoms with Gasteiger partial charge in [0.25, 0.3) is 0 Å². The fourth-order valence-electron chi connectivity index (χ4n) is 3.87. The van der Waals surface area contributed by atoms with Crippen molar-refractivity contribution in [2.75, 3.05) is 12.0 Å². The van der Waals surface area contributed by atoms with Crippen LogP contribution in [0, 0.1) is 11.8 Å². The lowest BCUT2D eigenvalue weighted by Crippen LogP contribution is -2.57. The lowest BCUT2D eigenvalue weighted by atomic mass is 9.88. The minimum Gasteiger partial charge on any atom is -0.479 e. The van der Waals surface area contributed by atoms with Crippen molar-refractivity contribution in [3.8, 4) is 0 Å². The van der Waals surface area contributed by atoms with Gasteiger partial charge in [-0.05, 0) is 54.5 Å². The van der Waals surface area contributed by atoms with Gasteiger partial charge in [-0.1, -0.05) is 19.3 Å². The summed E-state index contributed by atoms with van der Waals surface area (Å²) in [6.45, 7) is 0. The van der Waals surface area contributed by atoms with Crippen LogP contribution in [0.3, 0.4) is 0 Å². The molecule has 5 nitrogen and oxygen atoms in total. The van der Waals surface area contributed by atoms with Crippen molar-refractivity contribution in [3.05, 3.63) is 29.1 Å². The monoisotopic (exact) mass is 364 g/mol. The fourth-order valence-corrected chi connectivity index (χ4v) is 4.50. The zero-order chi connectivity index (χ0) is 18.0. The standard InChI is InChI=1S/C19H28N2O3S/c1-25-11-17(20)19(24,18(22)23)10-16-15-9-13(5-4-12-2-3-12)8-14(15)6-7-21-16/h6-7,12-13,17,24H,2-5,8-11,20H2,1H3,(H,22,23)/t13-,17?,19?/m1/s1. The van der Waals surface area contributed by atoms with Crippen molar-refractivity contribution in [2.24, 2.45) is 17.6 Å². The summed E-state index contributed by atoms with van der Waals surface area (Å²) in [6.07, 6.45) is 10.8. The smallest absolute Gasteiger partial charge is 0.337 e. The quantitative estimate of drug-likeness (QED) is 0.620. The largest absolute Gasteiger partial charge is 0.479 e. The summed E-state index contributed by atoms with van der Waals surface area (Å²) in [5.74, 6) is 0.679. The highest BCUT2D eigenvalue weighted by Crippen LogP contribution is 2.38. The van der Waals surface area contributed by atoms with Gasteiger partial charge < -0.3 is 15.9 Å². The number of carboxylic acids is 1. The molecule has 2 aliphatic rings. The van der Waals surface area contributed by atoms with E-state index in [9.17, 15) is 15.0 Å². The Bertz CT molecular complexity index is 635. The number of hydrogen-bond donors (Lipinski definition) is 3. The predicted molar refractivity (Wildman–Crippen MR) is 99.7 cm³/mol. The number of carboxylic acid groups (broad SMARTS) is 1. The second kappa shape index (κ2) is 7.64. The second-order valence-electron chi connectivity index (χ2n) is 7.66. The third-order valence-electron chi connectivity index (χ3n) is 5.69. The molecule has 138 valence electrons. The highest BCUT2D eigenvalue weighted by Gasteiger charge is 2.43. The number of rotatable bonds is 9. The predicted octanol–water partition coefficient (Wildman–Crippen LogP) is 2.04. The molecule has 0 bridgehead atoms. The van der Waals surface area contributed by atoms with Gasteiger partial charge in [0.2, 0.25) is 0 Å². The van der Waals surface area contributed by atoms with Crippen LogP contribution < -0.4 is 5.73 Å². The van der Waals surface area contributed by atoms with Crippen LogP contribution in [0.1, 0.15) is 42.5 Å². The zero-order valence-electron chi connectivity index (χ0n) is 14.8. The first-order chi connectivity index (χ1) is 11.9. The lowest BCUT2D eigenvalue weighted by molar-refractivity contribution is -0.160. The molecule has 3 rings (SSSR count). The van der Waals surface area contributed by atoms with Crippen LogP contribution in [-0.4, -0.2) is 44.8 Å². The van der Waals surface area contributed by atoms with Gasteiger partial charge in [-0.2, -0.15) is 11.8 Å². The van der Waals surface area contributed by atoms with Crippen molar-refractivity contribution in [2.45, 2.75) is 56.6 Å². The third-order valence-corrected chi connectivity index (χ3v) is 6.38. The molecule has 2 aliphatic carbocycles. The number of nitrogens with two attached hydrogens (primary N) is 1. The Morgan fingerprint density at radius 2 is 2.12 bits per heavy atom. The Labute approximate surface area is 153 Å². The van der Waals surface area contributed by atoms with E-state index in [1.165, 1.54) is 43.0 Å². The van der Waals surface area contributed by atoms with Gasteiger partial charge in [0.15, 0.2) is 5.60 Å². The molecule has 0 amide bonds. The summed E-state index contributed by atoms with van der Waals surface area (Å²) >= 11 is 1.44. The topological polar surface area (TPSA) is 96.4 Å². The van der Waals surface area contributed by atoms with Crippen LogP contribution in [0.15, 0.2) is 12.3 Å². The molecule has 0 saturated heterocycles. The first kappa shape index (κ1) is 18.7. The highest BCUT2D eigenvalue weighted by atomic mass is 32.2. The molecule has 6 heteroatoms. The SMILES string of the molecule is CSCC(N)C(O)(Cc1nccc2c1C[C@H](CCC1CC1)C2)C(=O)O. The molecule has 25 heavy (non-hydrogen) atoms. The van der Waals surface area contributed by atoms with Crippen molar-refractivity contribution in [3.63, 3.8) is 0 Å². The summed E-state index contributed by atoms with van der Waals surface area (Å²) in [5.41, 5.74) is 7.12. The number of pyridine rings is 1. The molecule has 0 aliphatic heterocycles. The van der Waals surface area contributed by atoms with E-state index in [2.05, 4.69) is 4.98 Å². The van der Waals surface area contributed by atoms with Crippen LogP contribution in [0.5, 0.6) is 0 Å². The summed E-state index contributed by atoms with van der Waals surface area (Å²) in [5, 5.41) is 20.3. The average molecular weight is 365 g/mol. The van der Waals surface area contributed by atoms with Crippen molar-refractivity contribution in [1.82, 2.24) is 4.98 Å². The number of nitrogens with zero attached hydrogens (tertiary/aromatic N) is 1. The van der Waals surface area contributed by atoms with Crippen molar-refractivity contribution < 1.29 is 15.0 Å². The minimum atomic E-state index is -1.97. The van der Waals surface area contributed by atoms with E-state index in [4.69, 9.17) is 5.73 Å². The van der Waals surface area contributed by atoms with Crippen LogP contribution in [0.2, 0.25) is 0 Å².